The maximum absolute atomic E-state index is 5.79. The summed E-state index contributed by atoms with van der Waals surface area (Å²) < 4.78 is 0. The second kappa shape index (κ2) is 3.70. The zero-order valence-corrected chi connectivity index (χ0v) is 7.67. The molecule has 0 radical (unpaired) electrons. The van der Waals surface area contributed by atoms with E-state index in [4.69, 9.17) is 11.5 Å². The van der Waals surface area contributed by atoms with Gasteiger partial charge in [-0.1, -0.05) is 18.2 Å². The van der Waals surface area contributed by atoms with E-state index in [0.717, 1.165) is 5.56 Å². The zero-order chi connectivity index (χ0) is 9.14. The van der Waals surface area contributed by atoms with Gasteiger partial charge in [0.2, 0.25) is 0 Å². The van der Waals surface area contributed by atoms with Crippen molar-refractivity contribution in [3.8, 4) is 0 Å². The standard InChI is InChI=1S/C10H16N2/c1-7-3-4-9(5-8(7)2)10(12)6-11/h3-5,10H,6,11-12H2,1-2H3/t10-/m0/s1. The molecule has 0 aromatic heterocycles. The van der Waals surface area contributed by atoms with Crippen molar-refractivity contribution in [3.63, 3.8) is 0 Å². The first kappa shape index (κ1) is 9.23. The van der Waals surface area contributed by atoms with Crippen molar-refractivity contribution in [2.45, 2.75) is 19.9 Å². The third-order valence-corrected chi connectivity index (χ3v) is 2.21. The monoisotopic (exact) mass is 164 g/mol. The Morgan fingerprint density at radius 1 is 1.25 bits per heavy atom. The first-order valence-electron chi connectivity index (χ1n) is 4.18. The minimum atomic E-state index is -0.0238. The van der Waals surface area contributed by atoms with Crippen LogP contribution in [0.5, 0.6) is 0 Å². The lowest BCUT2D eigenvalue weighted by Gasteiger charge is -2.10. The fraction of sp³-hybridized carbons (Fsp3) is 0.400. The van der Waals surface area contributed by atoms with Crippen LogP contribution in [0.2, 0.25) is 0 Å². The van der Waals surface area contributed by atoms with Crippen LogP contribution in [0.3, 0.4) is 0 Å². The number of hydrogen-bond donors (Lipinski definition) is 2. The normalized spacial score (nSPS) is 13.0. The Bertz CT molecular complexity index is 269. The zero-order valence-electron chi connectivity index (χ0n) is 7.67. The molecule has 0 fully saturated rings. The van der Waals surface area contributed by atoms with Crippen molar-refractivity contribution >= 4 is 0 Å². The van der Waals surface area contributed by atoms with Gasteiger partial charge in [-0.05, 0) is 30.5 Å². The van der Waals surface area contributed by atoms with Gasteiger partial charge in [0.15, 0.2) is 0 Å². The lowest BCUT2D eigenvalue weighted by Crippen LogP contribution is -2.20. The SMILES string of the molecule is Cc1ccc([C@@H](N)CN)cc1C. The molecule has 0 bridgehead atoms. The Kier molecular flexibility index (Phi) is 2.84. The topological polar surface area (TPSA) is 52.0 Å². The summed E-state index contributed by atoms with van der Waals surface area (Å²) in [7, 11) is 0. The summed E-state index contributed by atoms with van der Waals surface area (Å²) in [5.74, 6) is 0. The van der Waals surface area contributed by atoms with Gasteiger partial charge >= 0.3 is 0 Å². The van der Waals surface area contributed by atoms with Crippen molar-refractivity contribution in [2.75, 3.05) is 6.54 Å². The Hall–Kier alpha value is -0.860. The molecule has 4 N–H and O–H groups in total. The molecule has 2 heteroatoms. The highest BCUT2D eigenvalue weighted by atomic mass is 14.7. The fourth-order valence-electron chi connectivity index (χ4n) is 1.13. The molecule has 1 aromatic rings. The lowest BCUT2D eigenvalue weighted by molar-refractivity contribution is 0.736. The maximum atomic E-state index is 5.79. The second-order valence-corrected chi connectivity index (χ2v) is 3.19. The molecular weight excluding hydrogens is 148 g/mol. The molecule has 0 aliphatic carbocycles. The molecule has 0 spiro atoms. The fourth-order valence-corrected chi connectivity index (χ4v) is 1.13. The second-order valence-electron chi connectivity index (χ2n) is 3.19. The summed E-state index contributed by atoms with van der Waals surface area (Å²) in [4.78, 5) is 0. The van der Waals surface area contributed by atoms with Crippen molar-refractivity contribution < 1.29 is 0 Å². The molecule has 0 heterocycles. The first-order valence-corrected chi connectivity index (χ1v) is 4.18. The van der Waals surface area contributed by atoms with Crippen LogP contribution in [0.4, 0.5) is 0 Å². The van der Waals surface area contributed by atoms with E-state index in [9.17, 15) is 0 Å². The number of rotatable bonds is 2. The minimum Gasteiger partial charge on any atom is -0.329 e. The number of aryl methyl sites for hydroxylation is 2. The largest absolute Gasteiger partial charge is 0.329 e. The Balaban J connectivity index is 2.96. The Labute approximate surface area is 73.6 Å². The van der Waals surface area contributed by atoms with Crippen molar-refractivity contribution in [2.24, 2.45) is 11.5 Å². The van der Waals surface area contributed by atoms with Gasteiger partial charge in [-0.15, -0.1) is 0 Å². The summed E-state index contributed by atoms with van der Waals surface area (Å²) in [6.45, 7) is 4.68. The third-order valence-electron chi connectivity index (χ3n) is 2.21. The maximum Gasteiger partial charge on any atom is 0.0419 e. The molecule has 0 aliphatic rings. The van der Waals surface area contributed by atoms with E-state index in [2.05, 4.69) is 26.0 Å². The average molecular weight is 164 g/mol. The molecule has 66 valence electrons. The number of nitrogens with two attached hydrogens (primary N) is 2. The number of hydrogen-bond acceptors (Lipinski definition) is 2. The van der Waals surface area contributed by atoms with E-state index >= 15 is 0 Å². The van der Waals surface area contributed by atoms with Crippen molar-refractivity contribution in [1.29, 1.82) is 0 Å². The highest BCUT2D eigenvalue weighted by Crippen LogP contribution is 2.14. The van der Waals surface area contributed by atoms with Gasteiger partial charge in [-0.2, -0.15) is 0 Å². The van der Waals surface area contributed by atoms with Crippen LogP contribution in [0.25, 0.3) is 0 Å². The predicted molar refractivity (Wildman–Crippen MR) is 51.9 cm³/mol. The van der Waals surface area contributed by atoms with Gasteiger partial charge in [0.1, 0.15) is 0 Å². The molecule has 0 amide bonds. The number of benzene rings is 1. The lowest BCUT2D eigenvalue weighted by atomic mass is 10.0. The molecule has 12 heavy (non-hydrogen) atoms. The van der Waals surface area contributed by atoms with Gasteiger partial charge < -0.3 is 11.5 Å². The van der Waals surface area contributed by atoms with Crippen LogP contribution in [-0.4, -0.2) is 6.54 Å². The smallest absolute Gasteiger partial charge is 0.0419 e. The van der Waals surface area contributed by atoms with E-state index in [0.29, 0.717) is 6.54 Å². The Morgan fingerprint density at radius 2 is 1.92 bits per heavy atom. The van der Waals surface area contributed by atoms with Crippen LogP contribution in [0.1, 0.15) is 22.7 Å². The summed E-state index contributed by atoms with van der Waals surface area (Å²) in [5, 5.41) is 0. The highest BCUT2D eigenvalue weighted by Gasteiger charge is 2.03. The molecular formula is C10H16N2. The molecule has 0 aliphatic heterocycles. The molecule has 1 atom stereocenters. The summed E-state index contributed by atoms with van der Waals surface area (Å²) in [6, 6.07) is 6.21. The van der Waals surface area contributed by atoms with E-state index in [1.807, 2.05) is 6.07 Å². The van der Waals surface area contributed by atoms with Crippen LogP contribution < -0.4 is 11.5 Å². The molecule has 1 rings (SSSR count). The van der Waals surface area contributed by atoms with Gasteiger partial charge in [0.25, 0.3) is 0 Å². The molecule has 0 saturated carbocycles. The van der Waals surface area contributed by atoms with E-state index in [1.165, 1.54) is 11.1 Å². The molecule has 2 nitrogen and oxygen atoms in total. The van der Waals surface area contributed by atoms with Gasteiger partial charge in [0.05, 0.1) is 0 Å². The van der Waals surface area contributed by atoms with E-state index < -0.39 is 0 Å². The van der Waals surface area contributed by atoms with Crippen LogP contribution in [-0.2, 0) is 0 Å². The quantitative estimate of drug-likeness (QED) is 0.691. The van der Waals surface area contributed by atoms with Crippen molar-refractivity contribution in [1.82, 2.24) is 0 Å². The van der Waals surface area contributed by atoms with Gasteiger partial charge in [-0.25, -0.2) is 0 Å². The van der Waals surface area contributed by atoms with Gasteiger partial charge in [0, 0.05) is 12.6 Å². The molecule has 0 unspecified atom stereocenters. The van der Waals surface area contributed by atoms with Crippen LogP contribution in [0.15, 0.2) is 18.2 Å². The van der Waals surface area contributed by atoms with Gasteiger partial charge in [-0.3, -0.25) is 0 Å². The van der Waals surface area contributed by atoms with E-state index in [1.54, 1.807) is 0 Å². The first-order chi connectivity index (χ1) is 5.65. The third kappa shape index (κ3) is 1.84. The highest BCUT2D eigenvalue weighted by molar-refractivity contribution is 5.31. The van der Waals surface area contributed by atoms with Crippen LogP contribution in [0, 0.1) is 13.8 Å². The Morgan fingerprint density at radius 3 is 2.42 bits per heavy atom. The average Bonchev–Trinajstić information content (AvgIpc) is 2.08. The summed E-state index contributed by atoms with van der Waals surface area (Å²) in [6.07, 6.45) is 0. The minimum absolute atomic E-state index is 0.0238. The molecule has 0 saturated heterocycles. The summed E-state index contributed by atoms with van der Waals surface area (Å²) in [5.41, 5.74) is 14.9. The van der Waals surface area contributed by atoms with E-state index in [-0.39, 0.29) is 6.04 Å². The van der Waals surface area contributed by atoms with Crippen molar-refractivity contribution in [3.05, 3.63) is 34.9 Å². The predicted octanol–water partition coefficient (Wildman–Crippen LogP) is 1.26. The summed E-state index contributed by atoms with van der Waals surface area (Å²) >= 11 is 0. The molecule has 1 aromatic carbocycles. The van der Waals surface area contributed by atoms with Crippen LogP contribution >= 0.6 is 0 Å².